The summed E-state index contributed by atoms with van der Waals surface area (Å²) >= 11 is 7.77. The Balaban J connectivity index is 0.00000450. The Morgan fingerprint density at radius 2 is 2.10 bits per heavy atom. The number of rotatable bonds is 10. The largest absolute Gasteiger partial charge is 0.434 e. The molecule has 168 valence electrons. The number of hydrogen-bond acceptors (Lipinski definition) is 5. The number of nitrogens with one attached hydrogen (secondary N) is 2. The Hall–Kier alpha value is -1.34. The van der Waals surface area contributed by atoms with Crippen molar-refractivity contribution in [3.63, 3.8) is 0 Å². The number of guanidine groups is 1. The lowest BCUT2D eigenvalue weighted by Gasteiger charge is -2.14. The van der Waals surface area contributed by atoms with Crippen molar-refractivity contribution < 1.29 is 13.5 Å². The third-order valence-corrected chi connectivity index (χ3v) is 4.99. The maximum absolute atomic E-state index is 12.7. The number of halogens is 4. The number of hydrogen-bond donors (Lipinski definition) is 2. The molecule has 0 spiro atoms. The highest BCUT2D eigenvalue weighted by Gasteiger charge is 2.11. The maximum atomic E-state index is 12.7. The van der Waals surface area contributed by atoms with Crippen molar-refractivity contribution in [3.8, 4) is 5.75 Å². The van der Waals surface area contributed by atoms with Gasteiger partial charge in [0.25, 0.3) is 0 Å². The lowest BCUT2D eigenvalue weighted by Crippen LogP contribution is -2.38. The molecular weight excluding hydrogens is 549 g/mol. The van der Waals surface area contributed by atoms with E-state index in [0.717, 1.165) is 30.4 Å². The van der Waals surface area contributed by atoms with E-state index in [1.165, 1.54) is 12.1 Å². The number of thioether (sulfide) groups is 1. The third-order valence-electron chi connectivity index (χ3n) is 4.06. The highest BCUT2D eigenvalue weighted by atomic mass is 127. The second kappa shape index (κ2) is 13.9. The van der Waals surface area contributed by atoms with E-state index in [-0.39, 0.29) is 36.3 Å². The molecule has 0 aliphatic rings. The molecule has 0 fully saturated rings. The van der Waals surface area contributed by atoms with Gasteiger partial charge in [0.15, 0.2) is 11.8 Å². The first-order chi connectivity index (χ1) is 13.9. The minimum absolute atomic E-state index is 0. The first-order valence-electron chi connectivity index (χ1n) is 9.00. The molecule has 2 rings (SSSR count). The van der Waals surface area contributed by atoms with Crippen LogP contribution in [-0.4, -0.2) is 45.9 Å². The zero-order chi connectivity index (χ0) is 21.2. The fraction of sp³-hybridized carbons (Fsp3) is 0.500. The molecule has 0 atom stereocenters. The molecule has 0 radical (unpaired) electrons. The molecule has 1 aromatic heterocycles. The van der Waals surface area contributed by atoms with Crippen LogP contribution in [0.4, 0.5) is 8.78 Å². The standard InChI is InChI=1S/C18H25ClF2N6OS.HI/c1-12-25-26-16(27(12)2)11-24-18(22-7-4-8-29-3)23-10-13-9-14(19)5-6-15(13)28-17(20)21;/h5-6,9,17H,4,7-8,10-11H2,1-3H3,(H2,22,23,24);1H. The zero-order valence-electron chi connectivity index (χ0n) is 17.0. The predicted octanol–water partition coefficient (Wildman–Crippen LogP) is 3.98. The molecule has 0 saturated heterocycles. The highest BCUT2D eigenvalue weighted by Crippen LogP contribution is 2.25. The Morgan fingerprint density at radius 1 is 1.33 bits per heavy atom. The number of nitrogens with zero attached hydrogens (tertiary/aromatic N) is 4. The van der Waals surface area contributed by atoms with Crippen molar-refractivity contribution in [1.29, 1.82) is 0 Å². The number of aliphatic imine (C=N–C) groups is 1. The van der Waals surface area contributed by atoms with Crippen molar-refractivity contribution in [2.24, 2.45) is 12.0 Å². The maximum Gasteiger partial charge on any atom is 0.387 e. The minimum Gasteiger partial charge on any atom is -0.434 e. The average Bonchev–Trinajstić information content (AvgIpc) is 3.00. The highest BCUT2D eigenvalue weighted by molar-refractivity contribution is 14.0. The lowest BCUT2D eigenvalue weighted by atomic mass is 10.2. The van der Waals surface area contributed by atoms with Crippen LogP contribution >= 0.6 is 47.3 Å². The molecular formula is C18H26ClF2IN6OS. The van der Waals surface area contributed by atoms with E-state index in [0.29, 0.717) is 23.1 Å². The molecule has 1 heterocycles. The molecule has 2 aromatic rings. The number of alkyl halides is 2. The van der Waals surface area contributed by atoms with Crippen LogP contribution in [0, 0.1) is 6.92 Å². The van der Waals surface area contributed by atoms with Crippen LogP contribution in [0.3, 0.4) is 0 Å². The normalized spacial score (nSPS) is 11.4. The van der Waals surface area contributed by atoms with E-state index >= 15 is 0 Å². The van der Waals surface area contributed by atoms with Gasteiger partial charge in [0.2, 0.25) is 0 Å². The van der Waals surface area contributed by atoms with Crippen molar-refractivity contribution in [2.45, 2.75) is 33.0 Å². The molecule has 30 heavy (non-hydrogen) atoms. The molecule has 7 nitrogen and oxygen atoms in total. The number of aryl methyl sites for hydroxylation is 1. The molecule has 0 amide bonds. The van der Waals surface area contributed by atoms with Crippen molar-refractivity contribution in [3.05, 3.63) is 40.4 Å². The van der Waals surface area contributed by atoms with Gasteiger partial charge in [0.05, 0.1) is 13.1 Å². The van der Waals surface area contributed by atoms with E-state index in [4.69, 9.17) is 11.6 Å². The molecule has 0 aliphatic heterocycles. The van der Waals surface area contributed by atoms with Gasteiger partial charge < -0.3 is 19.9 Å². The van der Waals surface area contributed by atoms with Gasteiger partial charge in [-0.25, -0.2) is 4.99 Å². The summed E-state index contributed by atoms with van der Waals surface area (Å²) in [5.41, 5.74) is 0.470. The van der Waals surface area contributed by atoms with Gasteiger partial charge in [-0.3, -0.25) is 0 Å². The van der Waals surface area contributed by atoms with Gasteiger partial charge in [-0.1, -0.05) is 11.6 Å². The molecule has 0 bridgehead atoms. The summed E-state index contributed by atoms with van der Waals surface area (Å²) in [5, 5.41) is 15.0. The molecule has 0 aliphatic carbocycles. The van der Waals surface area contributed by atoms with Gasteiger partial charge in [-0.05, 0) is 43.6 Å². The van der Waals surface area contributed by atoms with Gasteiger partial charge in [0.1, 0.15) is 11.6 Å². The quantitative estimate of drug-likeness (QED) is 0.194. The average molecular weight is 575 g/mol. The van der Waals surface area contributed by atoms with E-state index in [2.05, 4.69) is 30.6 Å². The third kappa shape index (κ3) is 8.80. The Kier molecular flexibility index (Phi) is 12.3. The van der Waals surface area contributed by atoms with E-state index in [1.807, 2.05) is 24.8 Å². The Bertz CT molecular complexity index is 824. The summed E-state index contributed by atoms with van der Waals surface area (Å²) < 4.78 is 31.8. The monoisotopic (exact) mass is 574 g/mol. The van der Waals surface area contributed by atoms with Crippen molar-refractivity contribution in [1.82, 2.24) is 25.4 Å². The molecule has 12 heteroatoms. The molecule has 0 unspecified atom stereocenters. The van der Waals surface area contributed by atoms with Crippen LogP contribution in [0.2, 0.25) is 5.02 Å². The van der Waals surface area contributed by atoms with E-state index in [9.17, 15) is 8.78 Å². The van der Waals surface area contributed by atoms with Gasteiger partial charge >= 0.3 is 6.61 Å². The zero-order valence-corrected chi connectivity index (χ0v) is 20.9. The van der Waals surface area contributed by atoms with Crippen molar-refractivity contribution in [2.75, 3.05) is 18.6 Å². The lowest BCUT2D eigenvalue weighted by molar-refractivity contribution is -0.0504. The van der Waals surface area contributed by atoms with Gasteiger partial charge in [-0.15, -0.1) is 34.2 Å². The summed E-state index contributed by atoms with van der Waals surface area (Å²) in [7, 11) is 1.88. The smallest absolute Gasteiger partial charge is 0.387 e. The van der Waals surface area contributed by atoms with Crippen LogP contribution in [0.5, 0.6) is 5.75 Å². The van der Waals surface area contributed by atoms with Crippen LogP contribution in [-0.2, 0) is 20.1 Å². The first-order valence-corrected chi connectivity index (χ1v) is 10.8. The SMILES string of the molecule is CSCCCNC(=NCc1cc(Cl)ccc1OC(F)F)NCc1nnc(C)n1C.I. The minimum atomic E-state index is -2.92. The molecule has 1 aromatic carbocycles. The van der Waals surface area contributed by atoms with Crippen LogP contribution < -0.4 is 15.4 Å². The number of aromatic nitrogens is 3. The second-order valence-electron chi connectivity index (χ2n) is 6.14. The molecule has 2 N–H and O–H groups in total. The topological polar surface area (TPSA) is 76.4 Å². The fourth-order valence-electron chi connectivity index (χ4n) is 2.41. The number of ether oxygens (including phenoxy) is 1. The van der Waals surface area contributed by atoms with Crippen LogP contribution in [0.15, 0.2) is 23.2 Å². The van der Waals surface area contributed by atoms with E-state index in [1.54, 1.807) is 17.8 Å². The Morgan fingerprint density at radius 3 is 2.73 bits per heavy atom. The van der Waals surface area contributed by atoms with E-state index < -0.39 is 6.61 Å². The first kappa shape index (κ1) is 26.7. The summed E-state index contributed by atoms with van der Waals surface area (Å²) in [6, 6.07) is 4.49. The summed E-state index contributed by atoms with van der Waals surface area (Å²) in [6.45, 7) is 0.219. The van der Waals surface area contributed by atoms with Crippen molar-refractivity contribution >= 4 is 53.3 Å². The summed E-state index contributed by atoms with van der Waals surface area (Å²) in [5.74, 6) is 3.17. The fourth-order valence-corrected chi connectivity index (χ4v) is 3.04. The van der Waals surface area contributed by atoms with Gasteiger partial charge in [-0.2, -0.15) is 20.5 Å². The summed E-state index contributed by atoms with van der Waals surface area (Å²) in [6.07, 6.45) is 3.01. The second-order valence-corrected chi connectivity index (χ2v) is 7.57. The predicted molar refractivity (Wildman–Crippen MR) is 128 cm³/mol. The molecule has 0 saturated carbocycles. The van der Waals surface area contributed by atoms with Crippen LogP contribution in [0.25, 0.3) is 0 Å². The van der Waals surface area contributed by atoms with Gasteiger partial charge in [0, 0.05) is 24.2 Å². The summed E-state index contributed by atoms with van der Waals surface area (Å²) in [4.78, 5) is 4.50. The number of benzene rings is 1. The van der Waals surface area contributed by atoms with Crippen LogP contribution in [0.1, 0.15) is 23.6 Å². The Labute approximate surface area is 201 Å².